The van der Waals surface area contributed by atoms with E-state index in [1.807, 2.05) is 31.0 Å². The number of aromatic nitrogens is 4. The van der Waals surface area contributed by atoms with Crippen molar-refractivity contribution in [1.82, 2.24) is 25.1 Å². The third kappa shape index (κ3) is 3.64. The van der Waals surface area contributed by atoms with Crippen molar-refractivity contribution in [2.24, 2.45) is 0 Å². The van der Waals surface area contributed by atoms with Crippen molar-refractivity contribution in [2.45, 2.75) is 38.5 Å². The van der Waals surface area contributed by atoms with Gasteiger partial charge in [0, 0.05) is 37.0 Å². The van der Waals surface area contributed by atoms with Crippen LogP contribution >= 0.6 is 12.4 Å². The Morgan fingerprint density at radius 1 is 1.13 bits per heavy atom. The molecule has 5 rings (SSSR count). The van der Waals surface area contributed by atoms with Crippen LogP contribution in [0, 0.1) is 13.8 Å². The Kier molecular flexibility index (Phi) is 5.65. The number of hydrogen-bond donors (Lipinski definition) is 2. The summed E-state index contributed by atoms with van der Waals surface area (Å²) in [5, 5.41) is 18.3. The molecule has 2 N–H and O–H groups in total. The minimum atomic E-state index is -0.887. The van der Waals surface area contributed by atoms with Gasteiger partial charge in [0.15, 0.2) is 5.82 Å². The van der Waals surface area contributed by atoms with E-state index in [0.29, 0.717) is 31.3 Å². The molecule has 0 saturated carbocycles. The molecule has 0 radical (unpaired) electrons. The molecule has 2 aromatic heterocycles. The van der Waals surface area contributed by atoms with E-state index in [1.165, 1.54) is 0 Å². The van der Waals surface area contributed by atoms with Gasteiger partial charge >= 0.3 is 0 Å². The second-order valence-electron chi connectivity index (χ2n) is 8.13. The van der Waals surface area contributed by atoms with E-state index in [1.54, 1.807) is 4.68 Å². The molecule has 2 saturated heterocycles. The van der Waals surface area contributed by atoms with Crippen LogP contribution in [0.4, 0.5) is 10.2 Å². The van der Waals surface area contributed by atoms with Crippen molar-refractivity contribution in [3.8, 4) is 5.82 Å². The topological polar surface area (TPSA) is 79.1 Å². The molecule has 30 heavy (non-hydrogen) atoms. The van der Waals surface area contributed by atoms with Gasteiger partial charge in [0.1, 0.15) is 17.8 Å². The highest BCUT2D eigenvalue weighted by Crippen LogP contribution is 2.33. The molecule has 3 aromatic rings. The van der Waals surface area contributed by atoms with Crippen LogP contribution in [0.15, 0.2) is 24.4 Å². The van der Waals surface area contributed by atoms with Gasteiger partial charge in [0.25, 0.3) is 0 Å². The van der Waals surface area contributed by atoms with E-state index in [9.17, 15) is 9.50 Å². The van der Waals surface area contributed by atoms with E-state index in [-0.39, 0.29) is 24.4 Å². The first-order valence-electron chi connectivity index (χ1n) is 10.1. The Labute approximate surface area is 180 Å². The molecular formula is C21H26ClFN6O. The number of rotatable bonds is 3. The highest BCUT2D eigenvalue weighted by molar-refractivity contribution is 5.85. The van der Waals surface area contributed by atoms with Gasteiger partial charge in [-0.05, 0) is 50.1 Å². The van der Waals surface area contributed by atoms with Crippen LogP contribution in [-0.4, -0.2) is 63.3 Å². The molecule has 2 fully saturated rings. The number of aryl methyl sites for hydroxylation is 2. The Balaban J connectivity index is 0.00000218. The molecule has 0 unspecified atom stereocenters. The van der Waals surface area contributed by atoms with Crippen molar-refractivity contribution in [3.63, 3.8) is 0 Å². The highest BCUT2D eigenvalue weighted by atomic mass is 35.5. The van der Waals surface area contributed by atoms with Crippen LogP contribution < -0.4 is 10.2 Å². The van der Waals surface area contributed by atoms with Gasteiger partial charge in [-0.3, -0.25) is 0 Å². The van der Waals surface area contributed by atoms with Gasteiger partial charge in [-0.1, -0.05) is 0 Å². The summed E-state index contributed by atoms with van der Waals surface area (Å²) in [6.45, 7) is 6.28. The predicted molar refractivity (Wildman–Crippen MR) is 117 cm³/mol. The van der Waals surface area contributed by atoms with Gasteiger partial charge in [-0.25, -0.2) is 19.0 Å². The summed E-state index contributed by atoms with van der Waals surface area (Å²) in [7, 11) is 0. The molecule has 1 aromatic carbocycles. The second kappa shape index (κ2) is 8.09. The van der Waals surface area contributed by atoms with Crippen LogP contribution in [-0.2, 0) is 0 Å². The first-order valence-corrected chi connectivity index (χ1v) is 10.1. The lowest BCUT2D eigenvalue weighted by Gasteiger charge is -2.36. The van der Waals surface area contributed by atoms with Gasteiger partial charge in [-0.2, -0.15) is 5.10 Å². The lowest BCUT2D eigenvalue weighted by Crippen LogP contribution is -2.51. The van der Waals surface area contributed by atoms with Gasteiger partial charge < -0.3 is 15.3 Å². The van der Waals surface area contributed by atoms with E-state index < -0.39 is 6.17 Å². The number of benzene rings is 1. The molecule has 0 spiro atoms. The number of nitrogens with one attached hydrogen (secondary N) is 1. The minimum absolute atomic E-state index is 0. The van der Waals surface area contributed by atoms with Gasteiger partial charge in [0.2, 0.25) is 0 Å². The molecule has 2 atom stereocenters. The maximum atomic E-state index is 14.6. The van der Waals surface area contributed by atoms with Crippen molar-refractivity contribution in [3.05, 3.63) is 41.3 Å². The summed E-state index contributed by atoms with van der Waals surface area (Å²) in [6.07, 6.45) is 1.42. The van der Waals surface area contributed by atoms with Crippen molar-refractivity contribution in [1.29, 1.82) is 0 Å². The number of halogens is 2. The summed E-state index contributed by atoms with van der Waals surface area (Å²) in [6, 6.07) is 6.06. The second-order valence-corrected chi connectivity index (χ2v) is 8.13. The largest absolute Gasteiger partial charge is 0.389 e. The molecular weight excluding hydrogens is 407 g/mol. The maximum Gasteiger partial charge on any atom is 0.159 e. The third-order valence-electron chi connectivity index (χ3n) is 5.98. The number of piperidine rings is 1. The van der Waals surface area contributed by atoms with Crippen molar-refractivity contribution in [2.75, 3.05) is 31.1 Å². The zero-order chi connectivity index (χ0) is 20.1. The number of hydrogen-bond acceptors (Lipinski definition) is 6. The number of alkyl halides is 1. The smallest absolute Gasteiger partial charge is 0.159 e. The first kappa shape index (κ1) is 21.0. The zero-order valence-corrected chi connectivity index (χ0v) is 17.9. The predicted octanol–water partition coefficient (Wildman–Crippen LogP) is 2.45. The average Bonchev–Trinajstić information content (AvgIpc) is 3.07. The fourth-order valence-electron chi connectivity index (χ4n) is 4.41. The molecule has 7 nitrogen and oxygen atoms in total. The van der Waals surface area contributed by atoms with Crippen LogP contribution in [0.2, 0.25) is 0 Å². The summed E-state index contributed by atoms with van der Waals surface area (Å²) in [5.74, 6) is 2.02. The third-order valence-corrected chi connectivity index (χ3v) is 5.98. The molecule has 2 aliphatic rings. The van der Waals surface area contributed by atoms with Crippen molar-refractivity contribution < 1.29 is 9.50 Å². The van der Waals surface area contributed by atoms with Crippen LogP contribution in [0.25, 0.3) is 16.7 Å². The monoisotopic (exact) mass is 432 g/mol. The fourth-order valence-corrected chi connectivity index (χ4v) is 4.41. The van der Waals surface area contributed by atoms with Gasteiger partial charge in [0.05, 0.1) is 17.8 Å². The Morgan fingerprint density at radius 2 is 1.90 bits per heavy atom. The SMILES string of the molecule is Cc1nc(N2CC(O)C2)cc(-n2ncc3cc(C)c([C@@H]4CCNC[C@@H]4F)cc32)n1.Cl. The van der Waals surface area contributed by atoms with E-state index in [0.717, 1.165) is 40.8 Å². The lowest BCUT2D eigenvalue weighted by atomic mass is 9.85. The van der Waals surface area contributed by atoms with Crippen LogP contribution in [0.5, 0.6) is 0 Å². The van der Waals surface area contributed by atoms with Crippen LogP contribution in [0.3, 0.4) is 0 Å². The minimum Gasteiger partial charge on any atom is -0.389 e. The average molecular weight is 433 g/mol. The van der Waals surface area contributed by atoms with Crippen molar-refractivity contribution >= 4 is 29.1 Å². The lowest BCUT2D eigenvalue weighted by molar-refractivity contribution is 0.141. The normalized spacial score (nSPS) is 22.1. The summed E-state index contributed by atoms with van der Waals surface area (Å²) >= 11 is 0. The molecule has 0 amide bonds. The fraction of sp³-hybridized carbons (Fsp3) is 0.476. The molecule has 4 heterocycles. The zero-order valence-electron chi connectivity index (χ0n) is 17.0. The maximum absolute atomic E-state index is 14.6. The van der Waals surface area contributed by atoms with E-state index >= 15 is 0 Å². The number of fused-ring (bicyclic) bond motifs is 1. The van der Waals surface area contributed by atoms with Crippen LogP contribution in [0.1, 0.15) is 29.3 Å². The standard InChI is InChI=1S/C21H25FN6O.ClH/c1-12-5-14-8-24-28(19(14)6-17(12)16-3-4-23-9-18(16)22)21-7-20(25-13(2)26-21)27-10-15(29)11-27;/h5-8,15-16,18,23,29H,3-4,9-11H2,1-2H3;1H/t16-,18-;/m0./s1. The Morgan fingerprint density at radius 3 is 2.63 bits per heavy atom. The number of nitrogens with zero attached hydrogens (tertiary/aromatic N) is 5. The quantitative estimate of drug-likeness (QED) is 0.662. The Bertz CT molecular complexity index is 1070. The number of β-amino-alcohol motifs (C(OH)–C–C–N with tert-alkyl or cyclic N) is 1. The molecule has 9 heteroatoms. The molecule has 0 aliphatic carbocycles. The van der Waals surface area contributed by atoms with E-state index in [4.69, 9.17) is 0 Å². The molecule has 0 bridgehead atoms. The molecule has 160 valence electrons. The first-order chi connectivity index (χ1) is 14.0. The van der Waals surface area contributed by atoms with Gasteiger partial charge in [-0.15, -0.1) is 12.4 Å². The number of aliphatic hydroxyl groups excluding tert-OH is 1. The molecule has 2 aliphatic heterocycles. The summed E-state index contributed by atoms with van der Waals surface area (Å²) in [5.41, 5.74) is 3.06. The Hall–Kier alpha value is -2.29. The number of aliphatic hydroxyl groups is 1. The van der Waals surface area contributed by atoms with E-state index in [2.05, 4.69) is 32.5 Å². The highest BCUT2D eigenvalue weighted by Gasteiger charge is 2.29. The summed E-state index contributed by atoms with van der Waals surface area (Å²) < 4.78 is 16.4. The number of anilines is 1. The summed E-state index contributed by atoms with van der Waals surface area (Å²) in [4.78, 5) is 11.1.